The molecule has 1 rings (SSSR count). The Hall–Kier alpha value is 0.137. The molecule has 0 amide bonds. The number of rotatable bonds is 2. The van der Waals surface area contributed by atoms with Gasteiger partial charge in [-0.3, -0.25) is 0 Å². The highest BCUT2D eigenvalue weighted by molar-refractivity contribution is 6.24. The molecule has 0 bridgehead atoms. The molecule has 3 heteroatoms. The summed E-state index contributed by atoms with van der Waals surface area (Å²) in [5, 5.41) is 0. The molecule has 1 saturated heterocycles. The Kier molecular flexibility index (Phi) is 3.25. The highest BCUT2D eigenvalue weighted by Crippen LogP contribution is 2.12. The summed E-state index contributed by atoms with van der Waals surface area (Å²) in [4.78, 5) is 0. The molecule has 1 atom stereocenters. The van der Waals surface area contributed by atoms with Crippen LogP contribution in [0.1, 0.15) is 19.3 Å². The Morgan fingerprint density at radius 1 is 1.56 bits per heavy atom. The second-order valence-corrected chi connectivity index (χ2v) is 3.16. The zero-order chi connectivity index (χ0) is 6.53. The highest BCUT2D eigenvalue weighted by atomic mass is 28.2. The SMILES string of the molecule is C[SiH2]OC1CCCCO1. The molecule has 54 valence electrons. The summed E-state index contributed by atoms with van der Waals surface area (Å²) >= 11 is 0. The van der Waals surface area contributed by atoms with Gasteiger partial charge in [0.2, 0.25) is 0 Å². The molecule has 0 spiro atoms. The van der Waals surface area contributed by atoms with E-state index in [0.717, 1.165) is 13.0 Å². The molecule has 0 aromatic rings. The maximum atomic E-state index is 5.40. The molecular formula is C6H14O2Si. The van der Waals surface area contributed by atoms with Gasteiger partial charge in [-0.05, 0) is 19.3 Å². The first-order valence-corrected chi connectivity index (χ1v) is 5.66. The second-order valence-electron chi connectivity index (χ2n) is 2.25. The van der Waals surface area contributed by atoms with Gasteiger partial charge in [0.25, 0.3) is 0 Å². The van der Waals surface area contributed by atoms with Gasteiger partial charge in [0.05, 0.1) is 0 Å². The third kappa shape index (κ3) is 2.47. The van der Waals surface area contributed by atoms with Gasteiger partial charge in [-0.1, -0.05) is 6.55 Å². The van der Waals surface area contributed by atoms with Gasteiger partial charge in [-0.25, -0.2) is 0 Å². The Bertz CT molecular complexity index is 68.7. The lowest BCUT2D eigenvalue weighted by molar-refractivity contribution is -0.105. The van der Waals surface area contributed by atoms with E-state index in [2.05, 4.69) is 6.55 Å². The van der Waals surface area contributed by atoms with Crippen molar-refractivity contribution < 1.29 is 9.16 Å². The summed E-state index contributed by atoms with van der Waals surface area (Å²) in [6, 6.07) is 0. The summed E-state index contributed by atoms with van der Waals surface area (Å²) < 4.78 is 10.7. The van der Waals surface area contributed by atoms with Crippen LogP contribution in [-0.2, 0) is 9.16 Å². The molecule has 0 saturated carbocycles. The lowest BCUT2D eigenvalue weighted by Crippen LogP contribution is -2.22. The van der Waals surface area contributed by atoms with Crippen LogP contribution < -0.4 is 0 Å². The Labute approximate surface area is 58.5 Å². The van der Waals surface area contributed by atoms with Crippen molar-refractivity contribution in [2.45, 2.75) is 32.1 Å². The average molecular weight is 146 g/mol. The summed E-state index contributed by atoms with van der Waals surface area (Å²) in [6.07, 6.45) is 3.76. The van der Waals surface area contributed by atoms with Crippen LogP contribution in [0.2, 0.25) is 6.55 Å². The van der Waals surface area contributed by atoms with E-state index >= 15 is 0 Å². The second kappa shape index (κ2) is 4.03. The molecule has 9 heavy (non-hydrogen) atoms. The molecule has 1 fully saturated rings. The molecule has 0 radical (unpaired) electrons. The molecule has 2 nitrogen and oxygen atoms in total. The van der Waals surface area contributed by atoms with E-state index in [1.165, 1.54) is 12.8 Å². The quantitative estimate of drug-likeness (QED) is 0.533. The van der Waals surface area contributed by atoms with E-state index in [0.29, 0.717) is 0 Å². The van der Waals surface area contributed by atoms with Crippen molar-refractivity contribution in [3.05, 3.63) is 0 Å². The molecule has 1 unspecified atom stereocenters. The van der Waals surface area contributed by atoms with Crippen LogP contribution in [0.3, 0.4) is 0 Å². The van der Waals surface area contributed by atoms with E-state index in [1.54, 1.807) is 0 Å². The minimum absolute atomic E-state index is 0.162. The molecule has 0 N–H and O–H groups in total. The number of hydrogen-bond donors (Lipinski definition) is 0. The summed E-state index contributed by atoms with van der Waals surface area (Å²) in [5.41, 5.74) is 0. The van der Waals surface area contributed by atoms with E-state index in [1.807, 2.05) is 0 Å². The third-order valence-corrected chi connectivity index (χ3v) is 2.20. The van der Waals surface area contributed by atoms with Crippen molar-refractivity contribution in [2.24, 2.45) is 0 Å². The minimum Gasteiger partial charge on any atom is -0.400 e. The zero-order valence-electron chi connectivity index (χ0n) is 5.93. The van der Waals surface area contributed by atoms with E-state index < -0.39 is 0 Å². The van der Waals surface area contributed by atoms with Crippen molar-refractivity contribution in [1.29, 1.82) is 0 Å². The van der Waals surface area contributed by atoms with Gasteiger partial charge in [0, 0.05) is 6.61 Å². The fraction of sp³-hybridized carbons (Fsp3) is 1.00. The van der Waals surface area contributed by atoms with Gasteiger partial charge in [-0.2, -0.15) is 0 Å². The normalized spacial score (nSPS) is 29.7. The molecular weight excluding hydrogens is 132 g/mol. The Balaban J connectivity index is 2.08. The van der Waals surface area contributed by atoms with Crippen LogP contribution in [0, 0.1) is 0 Å². The molecule has 1 heterocycles. The highest BCUT2D eigenvalue weighted by Gasteiger charge is 2.11. The molecule has 0 aromatic heterocycles. The van der Waals surface area contributed by atoms with Gasteiger partial charge >= 0.3 is 0 Å². The zero-order valence-corrected chi connectivity index (χ0v) is 7.34. The number of hydrogen-bond acceptors (Lipinski definition) is 2. The monoisotopic (exact) mass is 146 g/mol. The van der Waals surface area contributed by atoms with Gasteiger partial charge in [0.1, 0.15) is 6.29 Å². The maximum Gasteiger partial charge on any atom is 0.161 e. The van der Waals surface area contributed by atoms with Crippen LogP contribution in [0.5, 0.6) is 0 Å². The Morgan fingerprint density at radius 2 is 2.44 bits per heavy atom. The Morgan fingerprint density at radius 3 is 3.00 bits per heavy atom. The van der Waals surface area contributed by atoms with Crippen LogP contribution in [0.15, 0.2) is 0 Å². The molecule has 1 aliphatic heterocycles. The lowest BCUT2D eigenvalue weighted by Gasteiger charge is -2.22. The molecule has 0 aromatic carbocycles. The first kappa shape index (κ1) is 7.25. The fourth-order valence-corrected chi connectivity index (χ4v) is 1.66. The third-order valence-electron chi connectivity index (χ3n) is 1.49. The van der Waals surface area contributed by atoms with Crippen molar-refractivity contribution >= 4 is 9.76 Å². The summed E-state index contributed by atoms with van der Waals surface area (Å²) in [5.74, 6) is 0. The molecule has 0 aliphatic carbocycles. The fourth-order valence-electron chi connectivity index (χ4n) is 1.03. The first-order valence-electron chi connectivity index (χ1n) is 3.66. The number of ether oxygens (including phenoxy) is 1. The van der Waals surface area contributed by atoms with Crippen molar-refractivity contribution in [2.75, 3.05) is 6.61 Å². The lowest BCUT2D eigenvalue weighted by atomic mass is 10.2. The van der Waals surface area contributed by atoms with E-state index in [4.69, 9.17) is 9.16 Å². The minimum atomic E-state index is -0.256. The van der Waals surface area contributed by atoms with Crippen molar-refractivity contribution in [3.63, 3.8) is 0 Å². The van der Waals surface area contributed by atoms with E-state index in [-0.39, 0.29) is 16.1 Å². The van der Waals surface area contributed by atoms with Gasteiger partial charge < -0.3 is 9.16 Å². The smallest absolute Gasteiger partial charge is 0.161 e. The predicted molar refractivity (Wildman–Crippen MR) is 39.1 cm³/mol. The summed E-state index contributed by atoms with van der Waals surface area (Å²) in [7, 11) is -0.256. The first-order chi connectivity index (χ1) is 4.43. The maximum absolute atomic E-state index is 5.40. The van der Waals surface area contributed by atoms with Crippen LogP contribution in [0.25, 0.3) is 0 Å². The predicted octanol–water partition coefficient (Wildman–Crippen LogP) is 0.661. The topological polar surface area (TPSA) is 18.5 Å². The van der Waals surface area contributed by atoms with Crippen LogP contribution in [0.4, 0.5) is 0 Å². The largest absolute Gasteiger partial charge is 0.400 e. The van der Waals surface area contributed by atoms with Gasteiger partial charge in [-0.15, -0.1) is 0 Å². The average Bonchev–Trinajstić information content (AvgIpc) is 1.91. The van der Waals surface area contributed by atoms with E-state index in [9.17, 15) is 0 Å². The summed E-state index contributed by atoms with van der Waals surface area (Å²) in [6.45, 7) is 3.04. The standard InChI is InChI=1S/C6H14O2Si/c1-9-8-6-4-2-3-5-7-6/h6H,2-5,9H2,1H3. The van der Waals surface area contributed by atoms with Crippen molar-refractivity contribution in [1.82, 2.24) is 0 Å². The van der Waals surface area contributed by atoms with Gasteiger partial charge in [0.15, 0.2) is 9.76 Å². The van der Waals surface area contributed by atoms with Crippen LogP contribution in [-0.4, -0.2) is 22.7 Å². The molecule has 1 aliphatic rings. The van der Waals surface area contributed by atoms with Crippen molar-refractivity contribution in [3.8, 4) is 0 Å². The van der Waals surface area contributed by atoms with Crippen LogP contribution >= 0.6 is 0 Å².